The van der Waals surface area contributed by atoms with Crippen LogP contribution < -0.4 is 0 Å². The van der Waals surface area contributed by atoms with Gasteiger partial charge >= 0.3 is 0 Å². The normalized spacial score (nSPS) is 14.1. The predicted molar refractivity (Wildman–Crippen MR) is 71.7 cm³/mol. The van der Waals surface area contributed by atoms with E-state index in [-0.39, 0.29) is 0 Å². The second-order valence-corrected chi connectivity index (χ2v) is 5.09. The van der Waals surface area contributed by atoms with E-state index < -0.39 is 0 Å². The van der Waals surface area contributed by atoms with E-state index >= 15 is 0 Å². The molecular weight excluding hydrogens is 228 g/mol. The number of rotatable bonds is 3. The molecule has 0 spiro atoms. The molecule has 0 fully saturated rings. The molecule has 1 aromatic carbocycles. The third-order valence-corrected chi connectivity index (χ3v) is 3.93. The fraction of sp³-hybridized carbons (Fsp3) is 0.214. The summed E-state index contributed by atoms with van der Waals surface area (Å²) in [4.78, 5) is 2.16. The summed E-state index contributed by atoms with van der Waals surface area (Å²) in [5.74, 6) is 0.677. The maximum absolute atomic E-state index is 8.15. The first-order chi connectivity index (χ1) is 8.34. The van der Waals surface area contributed by atoms with Gasteiger partial charge in [0.15, 0.2) is 0 Å². The molecule has 2 nitrogen and oxygen atoms in total. The number of benzene rings is 1. The van der Waals surface area contributed by atoms with Gasteiger partial charge in [0.1, 0.15) is 5.84 Å². The van der Waals surface area contributed by atoms with Crippen LogP contribution in [0, 0.1) is 5.41 Å². The lowest BCUT2D eigenvalue weighted by atomic mass is 10.1. The number of hydrogen-bond acceptors (Lipinski definition) is 2. The molecule has 0 atom stereocenters. The molecule has 0 amide bonds. The quantitative estimate of drug-likeness (QED) is 0.879. The maximum atomic E-state index is 8.15. The SMILES string of the molecule is N=C1c2ccccc2CN1CCc1ccsc1. The van der Waals surface area contributed by atoms with Gasteiger partial charge in [-0.3, -0.25) is 5.41 Å². The van der Waals surface area contributed by atoms with E-state index in [4.69, 9.17) is 5.41 Å². The number of hydrogen-bond donors (Lipinski definition) is 1. The standard InChI is InChI=1S/C14H14N2S/c15-14-13-4-2-1-3-12(13)9-16(14)7-5-11-6-8-17-10-11/h1-4,6,8,10,15H,5,7,9H2. The molecule has 3 rings (SSSR count). The van der Waals surface area contributed by atoms with Gasteiger partial charge in [-0.15, -0.1) is 0 Å². The first-order valence-corrected chi connectivity index (χ1v) is 6.72. The van der Waals surface area contributed by atoms with E-state index in [1.54, 1.807) is 11.3 Å². The van der Waals surface area contributed by atoms with Gasteiger partial charge in [-0.25, -0.2) is 0 Å². The molecule has 3 heteroatoms. The monoisotopic (exact) mass is 242 g/mol. The van der Waals surface area contributed by atoms with Crippen LogP contribution >= 0.6 is 11.3 Å². The topological polar surface area (TPSA) is 27.1 Å². The molecule has 2 aromatic rings. The zero-order valence-corrected chi connectivity index (χ0v) is 10.3. The molecule has 1 aromatic heterocycles. The van der Waals surface area contributed by atoms with Crippen LogP contribution in [0.15, 0.2) is 41.1 Å². The van der Waals surface area contributed by atoms with Gasteiger partial charge in [-0.2, -0.15) is 11.3 Å². The van der Waals surface area contributed by atoms with Crippen molar-refractivity contribution in [3.63, 3.8) is 0 Å². The van der Waals surface area contributed by atoms with E-state index in [9.17, 15) is 0 Å². The van der Waals surface area contributed by atoms with Gasteiger partial charge in [-0.05, 0) is 34.4 Å². The third kappa shape index (κ3) is 1.98. The van der Waals surface area contributed by atoms with Crippen molar-refractivity contribution in [3.05, 3.63) is 57.8 Å². The van der Waals surface area contributed by atoms with Gasteiger partial charge in [0.25, 0.3) is 0 Å². The van der Waals surface area contributed by atoms with Crippen LogP contribution in [0.1, 0.15) is 16.7 Å². The van der Waals surface area contributed by atoms with Crippen LogP contribution in [-0.4, -0.2) is 17.3 Å². The highest BCUT2D eigenvalue weighted by atomic mass is 32.1. The molecule has 1 aliphatic heterocycles. The third-order valence-electron chi connectivity index (χ3n) is 3.20. The summed E-state index contributed by atoms with van der Waals surface area (Å²) in [5.41, 5.74) is 3.75. The van der Waals surface area contributed by atoms with Crippen molar-refractivity contribution in [3.8, 4) is 0 Å². The Balaban J connectivity index is 1.70. The summed E-state index contributed by atoms with van der Waals surface area (Å²) in [6.45, 7) is 1.82. The molecule has 0 bridgehead atoms. The molecule has 86 valence electrons. The molecule has 17 heavy (non-hydrogen) atoms. The molecular formula is C14H14N2S. The summed E-state index contributed by atoms with van der Waals surface area (Å²) in [6, 6.07) is 10.4. The number of amidine groups is 1. The molecule has 1 N–H and O–H groups in total. The largest absolute Gasteiger partial charge is 0.352 e. The van der Waals surface area contributed by atoms with Crippen LogP contribution in [0.25, 0.3) is 0 Å². The Morgan fingerprint density at radius 1 is 1.24 bits per heavy atom. The Morgan fingerprint density at radius 2 is 2.12 bits per heavy atom. The van der Waals surface area contributed by atoms with Crippen LogP contribution in [-0.2, 0) is 13.0 Å². The molecule has 0 radical (unpaired) electrons. The lowest BCUT2D eigenvalue weighted by Crippen LogP contribution is -2.26. The van der Waals surface area contributed by atoms with Crippen molar-refractivity contribution in [2.75, 3.05) is 6.54 Å². The van der Waals surface area contributed by atoms with E-state index in [0.717, 1.165) is 25.1 Å². The zero-order valence-electron chi connectivity index (χ0n) is 9.52. The number of fused-ring (bicyclic) bond motifs is 1. The minimum atomic E-state index is 0.677. The van der Waals surface area contributed by atoms with Crippen LogP contribution in [0.2, 0.25) is 0 Å². The minimum absolute atomic E-state index is 0.677. The molecule has 0 saturated heterocycles. The van der Waals surface area contributed by atoms with E-state index in [2.05, 4.69) is 33.9 Å². The van der Waals surface area contributed by atoms with Gasteiger partial charge in [0, 0.05) is 18.7 Å². The van der Waals surface area contributed by atoms with Crippen LogP contribution in [0.3, 0.4) is 0 Å². The van der Waals surface area contributed by atoms with Crippen molar-refractivity contribution in [1.29, 1.82) is 5.41 Å². The average molecular weight is 242 g/mol. The minimum Gasteiger partial charge on any atom is -0.352 e. The molecule has 2 heterocycles. The highest BCUT2D eigenvalue weighted by Gasteiger charge is 2.22. The Kier molecular flexibility index (Phi) is 2.69. The van der Waals surface area contributed by atoms with Crippen molar-refractivity contribution >= 4 is 17.2 Å². The lowest BCUT2D eigenvalue weighted by Gasteiger charge is -2.17. The Bertz CT molecular complexity index is 531. The van der Waals surface area contributed by atoms with E-state index in [0.29, 0.717) is 5.84 Å². The second-order valence-electron chi connectivity index (χ2n) is 4.31. The van der Waals surface area contributed by atoms with Gasteiger partial charge < -0.3 is 4.90 Å². The number of nitrogens with one attached hydrogen (secondary N) is 1. The fourth-order valence-corrected chi connectivity index (χ4v) is 2.94. The summed E-state index contributed by atoms with van der Waals surface area (Å²) >= 11 is 1.74. The predicted octanol–water partition coefficient (Wildman–Crippen LogP) is 3.13. The van der Waals surface area contributed by atoms with Gasteiger partial charge in [0.05, 0.1) is 0 Å². The lowest BCUT2D eigenvalue weighted by molar-refractivity contribution is 0.432. The molecule has 0 unspecified atom stereocenters. The van der Waals surface area contributed by atoms with Crippen LogP contribution in [0.5, 0.6) is 0 Å². The number of thiophene rings is 1. The highest BCUT2D eigenvalue weighted by molar-refractivity contribution is 7.07. The second kappa shape index (κ2) is 4.34. The van der Waals surface area contributed by atoms with E-state index in [1.165, 1.54) is 11.1 Å². The molecule has 1 aliphatic rings. The first-order valence-electron chi connectivity index (χ1n) is 5.77. The maximum Gasteiger partial charge on any atom is 0.128 e. The van der Waals surface area contributed by atoms with Crippen molar-refractivity contribution in [2.45, 2.75) is 13.0 Å². The van der Waals surface area contributed by atoms with Gasteiger partial charge in [-0.1, -0.05) is 24.3 Å². The fourth-order valence-electron chi connectivity index (χ4n) is 2.23. The van der Waals surface area contributed by atoms with Gasteiger partial charge in [0.2, 0.25) is 0 Å². The Labute approximate surface area is 105 Å². The Morgan fingerprint density at radius 3 is 2.88 bits per heavy atom. The summed E-state index contributed by atoms with van der Waals surface area (Å²) < 4.78 is 0. The van der Waals surface area contributed by atoms with E-state index in [1.807, 2.05) is 12.1 Å². The highest BCUT2D eigenvalue weighted by Crippen LogP contribution is 2.22. The molecule has 0 saturated carbocycles. The van der Waals surface area contributed by atoms with Crippen molar-refractivity contribution in [1.82, 2.24) is 4.90 Å². The zero-order chi connectivity index (χ0) is 11.7. The smallest absolute Gasteiger partial charge is 0.128 e. The number of nitrogens with zero attached hydrogens (tertiary/aromatic N) is 1. The summed E-state index contributed by atoms with van der Waals surface area (Å²) in [7, 11) is 0. The van der Waals surface area contributed by atoms with Crippen molar-refractivity contribution in [2.24, 2.45) is 0 Å². The summed E-state index contributed by atoms with van der Waals surface area (Å²) in [5, 5.41) is 12.4. The Hall–Kier alpha value is -1.61. The van der Waals surface area contributed by atoms with Crippen LogP contribution in [0.4, 0.5) is 0 Å². The van der Waals surface area contributed by atoms with Crippen molar-refractivity contribution < 1.29 is 0 Å². The first kappa shape index (κ1) is 10.5. The molecule has 0 aliphatic carbocycles. The average Bonchev–Trinajstić information content (AvgIpc) is 2.96. The summed E-state index contributed by atoms with van der Waals surface area (Å²) in [6.07, 6.45) is 1.03.